The van der Waals surface area contributed by atoms with Crippen LogP contribution in [0.25, 0.3) is 5.76 Å². The van der Waals surface area contributed by atoms with E-state index in [2.05, 4.69) is 0 Å². The lowest BCUT2D eigenvalue weighted by molar-refractivity contribution is -0.132. The van der Waals surface area contributed by atoms with Gasteiger partial charge in [-0.25, -0.2) is 4.39 Å². The molecule has 0 saturated carbocycles. The highest BCUT2D eigenvalue weighted by atomic mass is 35.5. The molecule has 1 aliphatic rings. The van der Waals surface area contributed by atoms with Crippen molar-refractivity contribution in [2.24, 2.45) is 0 Å². The molecule has 0 aliphatic carbocycles. The number of benzene rings is 3. The number of hydrogen-bond donors (Lipinski definition) is 2. The summed E-state index contributed by atoms with van der Waals surface area (Å²) < 4.78 is 19.0. The molecule has 3 aromatic rings. The molecule has 0 spiro atoms. The van der Waals surface area contributed by atoms with E-state index in [4.69, 9.17) is 16.3 Å². The van der Waals surface area contributed by atoms with E-state index in [0.29, 0.717) is 11.3 Å². The van der Waals surface area contributed by atoms with E-state index in [1.54, 1.807) is 30.3 Å². The molecule has 6 nitrogen and oxygen atoms in total. The van der Waals surface area contributed by atoms with E-state index < -0.39 is 29.3 Å². The molecule has 1 atom stereocenters. The van der Waals surface area contributed by atoms with Gasteiger partial charge in [-0.15, -0.1) is 0 Å². The Morgan fingerprint density at radius 1 is 1.09 bits per heavy atom. The summed E-state index contributed by atoms with van der Waals surface area (Å²) in [6.07, 6.45) is 0. The highest BCUT2D eigenvalue weighted by molar-refractivity contribution is 6.51. The van der Waals surface area contributed by atoms with E-state index in [0.717, 1.165) is 0 Å². The summed E-state index contributed by atoms with van der Waals surface area (Å²) in [5.41, 5.74) is 1.00. The number of ketones is 1. The molecule has 168 valence electrons. The maximum Gasteiger partial charge on any atom is 0.300 e. The number of amides is 1. The van der Waals surface area contributed by atoms with Crippen molar-refractivity contribution in [1.82, 2.24) is 0 Å². The van der Waals surface area contributed by atoms with Crippen LogP contribution in [0.1, 0.15) is 22.7 Å². The van der Waals surface area contributed by atoms with E-state index in [1.165, 1.54) is 49.3 Å². The molecular weight excluding hydrogens is 449 g/mol. The number of aliphatic hydroxyl groups is 1. The molecule has 1 saturated heterocycles. The molecule has 0 aromatic heterocycles. The van der Waals surface area contributed by atoms with Crippen molar-refractivity contribution < 1.29 is 28.9 Å². The number of anilines is 1. The highest BCUT2D eigenvalue weighted by Gasteiger charge is 2.47. The van der Waals surface area contributed by atoms with E-state index in [9.17, 15) is 24.2 Å². The topological polar surface area (TPSA) is 87.1 Å². The van der Waals surface area contributed by atoms with Crippen molar-refractivity contribution in [3.05, 3.63) is 93.8 Å². The van der Waals surface area contributed by atoms with E-state index >= 15 is 0 Å². The number of aliphatic hydroxyl groups excluding tert-OH is 1. The third-order valence-electron chi connectivity index (χ3n) is 5.50. The SMILES string of the molecule is COc1cc(C2/C(=C(\O)c3ccc(F)c(C)c3)C(=O)C(=O)N2c2ccccc2)cc(Cl)c1O. The van der Waals surface area contributed by atoms with Crippen LogP contribution in [0, 0.1) is 12.7 Å². The summed E-state index contributed by atoms with van der Waals surface area (Å²) in [6.45, 7) is 1.52. The molecule has 4 rings (SSSR count). The zero-order chi connectivity index (χ0) is 23.9. The number of methoxy groups -OCH3 is 1. The lowest BCUT2D eigenvalue weighted by Crippen LogP contribution is -2.29. The third-order valence-corrected chi connectivity index (χ3v) is 5.78. The number of carbonyl (C=O) groups is 2. The van der Waals surface area contributed by atoms with Crippen LogP contribution in [0.4, 0.5) is 10.1 Å². The largest absolute Gasteiger partial charge is 0.507 e. The molecule has 0 radical (unpaired) electrons. The number of phenolic OH excluding ortho intramolecular Hbond substituents is 1. The minimum Gasteiger partial charge on any atom is -0.507 e. The Morgan fingerprint density at radius 2 is 1.79 bits per heavy atom. The summed E-state index contributed by atoms with van der Waals surface area (Å²) in [6, 6.07) is 14.1. The van der Waals surface area contributed by atoms with Crippen molar-refractivity contribution in [3.8, 4) is 11.5 Å². The van der Waals surface area contributed by atoms with Crippen LogP contribution < -0.4 is 9.64 Å². The molecule has 3 aromatic carbocycles. The van der Waals surface area contributed by atoms with Crippen molar-refractivity contribution in [3.63, 3.8) is 0 Å². The Labute approximate surface area is 194 Å². The highest BCUT2D eigenvalue weighted by Crippen LogP contribution is 2.45. The van der Waals surface area contributed by atoms with E-state index in [1.807, 2.05) is 0 Å². The van der Waals surface area contributed by atoms with Gasteiger partial charge in [0.25, 0.3) is 11.7 Å². The molecule has 1 amide bonds. The van der Waals surface area contributed by atoms with Crippen LogP contribution >= 0.6 is 11.6 Å². The van der Waals surface area contributed by atoms with Gasteiger partial charge in [-0.2, -0.15) is 0 Å². The number of aromatic hydroxyl groups is 1. The van der Waals surface area contributed by atoms with Gasteiger partial charge in [-0.3, -0.25) is 14.5 Å². The van der Waals surface area contributed by atoms with Crippen LogP contribution in [-0.2, 0) is 9.59 Å². The summed E-state index contributed by atoms with van der Waals surface area (Å²) >= 11 is 6.19. The first kappa shape index (κ1) is 22.4. The fourth-order valence-corrected chi connectivity index (χ4v) is 4.08. The van der Waals surface area contributed by atoms with Gasteiger partial charge >= 0.3 is 0 Å². The minimum atomic E-state index is -1.08. The zero-order valence-electron chi connectivity index (χ0n) is 17.7. The Kier molecular flexibility index (Phi) is 5.82. The smallest absolute Gasteiger partial charge is 0.300 e. The zero-order valence-corrected chi connectivity index (χ0v) is 18.4. The molecular formula is C25H19ClFNO5. The van der Waals surface area contributed by atoms with Gasteiger partial charge < -0.3 is 14.9 Å². The van der Waals surface area contributed by atoms with Gasteiger partial charge in [0.05, 0.1) is 23.7 Å². The summed E-state index contributed by atoms with van der Waals surface area (Å²) in [5, 5.41) is 21.2. The number of aryl methyl sites for hydroxylation is 1. The molecule has 33 heavy (non-hydrogen) atoms. The molecule has 1 heterocycles. The molecule has 8 heteroatoms. The van der Waals surface area contributed by atoms with Crippen LogP contribution in [0.15, 0.2) is 66.2 Å². The Balaban J connectivity index is 2.00. The maximum atomic E-state index is 13.8. The Bertz CT molecular complexity index is 1310. The number of Topliss-reactive ketones (excluding diaryl/α,β-unsaturated/α-hetero) is 1. The van der Waals surface area contributed by atoms with Crippen molar-refractivity contribution in [1.29, 1.82) is 0 Å². The lowest BCUT2D eigenvalue weighted by Gasteiger charge is -2.26. The van der Waals surface area contributed by atoms with E-state index in [-0.39, 0.29) is 33.2 Å². The Hall–Kier alpha value is -3.84. The number of hydrogen-bond acceptors (Lipinski definition) is 5. The standard InChI is InChI=1S/C25H19ClFNO5/c1-13-10-14(8-9-18(13)27)22(29)20-21(15-11-17(26)23(30)19(12-15)33-2)28(25(32)24(20)31)16-6-4-3-5-7-16/h3-12,21,29-30H,1-2H3/b22-20+. The molecule has 1 unspecified atom stereocenters. The van der Waals surface area contributed by atoms with Gasteiger partial charge in [-0.1, -0.05) is 29.8 Å². The fourth-order valence-electron chi connectivity index (χ4n) is 3.86. The summed E-state index contributed by atoms with van der Waals surface area (Å²) in [5.74, 6) is -2.95. The van der Waals surface area contributed by atoms with Crippen LogP contribution in [0.2, 0.25) is 5.02 Å². The third kappa shape index (κ3) is 3.81. The quantitative estimate of drug-likeness (QED) is 0.315. The summed E-state index contributed by atoms with van der Waals surface area (Å²) in [4.78, 5) is 27.5. The number of phenols is 1. The van der Waals surface area contributed by atoms with Crippen LogP contribution in [-0.4, -0.2) is 29.0 Å². The van der Waals surface area contributed by atoms with Crippen LogP contribution in [0.5, 0.6) is 11.5 Å². The number of ether oxygens (including phenoxy) is 1. The van der Waals surface area contributed by atoms with Gasteiger partial charge in [-0.05, 0) is 60.5 Å². The minimum absolute atomic E-state index is 0.0359. The number of rotatable bonds is 4. The fraction of sp³-hybridized carbons (Fsp3) is 0.120. The predicted molar refractivity (Wildman–Crippen MR) is 122 cm³/mol. The average Bonchev–Trinajstić information content (AvgIpc) is 3.08. The first-order chi connectivity index (χ1) is 15.7. The molecule has 0 bridgehead atoms. The van der Waals surface area contributed by atoms with Gasteiger partial charge in [0.1, 0.15) is 11.6 Å². The number of carbonyl (C=O) groups excluding carboxylic acids is 2. The normalized spacial score (nSPS) is 17.5. The average molecular weight is 468 g/mol. The second-order valence-corrected chi connectivity index (χ2v) is 7.93. The second-order valence-electron chi connectivity index (χ2n) is 7.52. The molecule has 2 N–H and O–H groups in total. The summed E-state index contributed by atoms with van der Waals surface area (Å²) in [7, 11) is 1.34. The molecule has 1 aliphatic heterocycles. The second kappa shape index (κ2) is 8.60. The monoisotopic (exact) mass is 467 g/mol. The number of nitrogens with zero attached hydrogens (tertiary/aromatic N) is 1. The van der Waals surface area contributed by atoms with Gasteiger partial charge in [0.2, 0.25) is 0 Å². The Morgan fingerprint density at radius 3 is 2.42 bits per heavy atom. The first-order valence-corrected chi connectivity index (χ1v) is 10.3. The predicted octanol–water partition coefficient (Wildman–Crippen LogP) is 5.13. The number of halogens is 2. The molecule has 1 fully saturated rings. The van der Waals surface area contributed by atoms with Crippen LogP contribution in [0.3, 0.4) is 0 Å². The van der Waals surface area contributed by atoms with Crippen molar-refractivity contribution >= 4 is 34.7 Å². The maximum absolute atomic E-state index is 13.8. The van der Waals surface area contributed by atoms with Crippen molar-refractivity contribution in [2.45, 2.75) is 13.0 Å². The first-order valence-electron chi connectivity index (χ1n) is 9.93. The van der Waals surface area contributed by atoms with Gasteiger partial charge in [0, 0.05) is 11.3 Å². The van der Waals surface area contributed by atoms with Gasteiger partial charge in [0.15, 0.2) is 11.5 Å². The van der Waals surface area contributed by atoms with Crippen molar-refractivity contribution in [2.75, 3.05) is 12.0 Å². The lowest BCUT2D eigenvalue weighted by atomic mass is 9.94. The number of para-hydroxylation sites is 1.